The van der Waals surface area contributed by atoms with Gasteiger partial charge in [0, 0.05) is 45.2 Å². The highest BCUT2D eigenvalue weighted by Crippen LogP contribution is 2.09. The number of nitrogens with zero attached hydrogens (tertiary/aromatic N) is 5. The van der Waals surface area contributed by atoms with Gasteiger partial charge in [-0.2, -0.15) is 0 Å². The van der Waals surface area contributed by atoms with Crippen LogP contribution in [0.15, 0.2) is 5.11 Å². The molecule has 0 heterocycles. The SMILES string of the molecule is CN(CCOCCOCCOCCN)C(=O)OC(C)(C)C.CN(CCOCCOCCOCCN=[N+]=[N-])C(=O)OC(C)(C)C. The molecule has 0 aromatic carbocycles. The van der Waals surface area contributed by atoms with Gasteiger partial charge in [-0.25, -0.2) is 9.59 Å². The molecule has 0 aliphatic heterocycles. The van der Waals surface area contributed by atoms with Gasteiger partial charge in [-0.3, -0.25) is 0 Å². The van der Waals surface area contributed by atoms with E-state index in [9.17, 15) is 9.59 Å². The first-order chi connectivity index (χ1) is 20.7. The Morgan fingerprint density at radius 2 is 0.932 bits per heavy atom. The lowest BCUT2D eigenvalue weighted by Crippen LogP contribution is -2.36. The zero-order valence-corrected chi connectivity index (χ0v) is 28.2. The van der Waals surface area contributed by atoms with Gasteiger partial charge < -0.3 is 53.4 Å². The van der Waals surface area contributed by atoms with Gasteiger partial charge in [0.2, 0.25) is 0 Å². The number of hydrogen-bond acceptors (Lipinski definition) is 12. The van der Waals surface area contributed by atoms with Gasteiger partial charge in [0.25, 0.3) is 0 Å². The number of ether oxygens (including phenoxy) is 8. The van der Waals surface area contributed by atoms with Gasteiger partial charge in [-0.05, 0) is 47.1 Å². The van der Waals surface area contributed by atoms with Crippen molar-refractivity contribution >= 4 is 12.2 Å². The average molecular weight is 639 g/mol. The Hall–Kier alpha value is -2.43. The fourth-order valence-electron chi connectivity index (χ4n) is 2.58. The summed E-state index contributed by atoms with van der Waals surface area (Å²) in [6.07, 6.45) is -0.713. The standard InChI is InChI=1S/C14H28N4O5.C14H30N2O5/c1-14(2,3)23-13(19)18(4)6-8-21-10-12-22-11-9-20-7-5-16-17-15;1-14(2,3)21-13(17)16(4)6-8-19-10-12-20-11-9-18-7-5-15/h5-12H2,1-4H3;5-12,15H2,1-4H3. The molecule has 16 heteroatoms. The predicted molar refractivity (Wildman–Crippen MR) is 166 cm³/mol. The van der Waals surface area contributed by atoms with Crippen molar-refractivity contribution in [3.05, 3.63) is 10.4 Å². The smallest absolute Gasteiger partial charge is 0.410 e. The van der Waals surface area contributed by atoms with Crippen molar-refractivity contribution in [2.24, 2.45) is 10.8 Å². The first-order valence-corrected chi connectivity index (χ1v) is 14.8. The average Bonchev–Trinajstić information content (AvgIpc) is 2.93. The molecule has 2 amide bonds. The maximum atomic E-state index is 11.7. The lowest BCUT2D eigenvalue weighted by Gasteiger charge is -2.24. The first-order valence-electron chi connectivity index (χ1n) is 14.8. The van der Waals surface area contributed by atoms with Crippen molar-refractivity contribution in [2.45, 2.75) is 52.7 Å². The Morgan fingerprint density at radius 1 is 0.614 bits per heavy atom. The summed E-state index contributed by atoms with van der Waals surface area (Å²) < 4.78 is 42.1. The second kappa shape index (κ2) is 28.1. The molecule has 0 aromatic rings. The molecule has 0 fully saturated rings. The predicted octanol–water partition coefficient (Wildman–Crippen LogP) is 3.08. The van der Waals surface area contributed by atoms with E-state index in [1.165, 1.54) is 9.80 Å². The first kappa shape index (κ1) is 43.7. The molecule has 0 spiro atoms. The third kappa shape index (κ3) is 34.1. The summed E-state index contributed by atoms with van der Waals surface area (Å²) in [6, 6.07) is 0. The minimum Gasteiger partial charge on any atom is -0.444 e. The molecule has 16 nitrogen and oxygen atoms in total. The number of carbonyl (C=O) groups excluding carboxylic acids is 2. The van der Waals surface area contributed by atoms with Crippen molar-refractivity contribution in [1.82, 2.24) is 9.80 Å². The van der Waals surface area contributed by atoms with Crippen LogP contribution in [-0.2, 0) is 37.9 Å². The minimum absolute atomic E-state index is 0.324. The third-order valence-electron chi connectivity index (χ3n) is 4.70. The van der Waals surface area contributed by atoms with E-state index in [1.807, 2.05) is 41.5 Å². The Balaban J connectivity index is 0. The summed E-state index contributed by atoms with van der Waals surface area (Å²) in [6.45, 7) is 18.4. The lowest BCUT2D eigenvalue weighted by molar-refractivity contribution is 0.00536. The van der Waals surface area contributed by atoms with Crippen molar-refractivity contribution < 1.29 is 47.5 Å². The van der Waals surface area contributed by atoms with Crippen LogP contribution in [0.5, 0.6) is 0 Å². The highest BCUT2D eigenvalue weighted by Gasteiger charge is 2.20. The summed E-state index contributed by atoms with van der Waals surface area (Å²) in [5.41, 5.74) is 12.4. The number of carbonyl (C=O) groups is 2. The van der Waals surface area contributed by atoms with Crippen molar-refractivity contribution in [2.75, 3.05) is 120 Å². The van der Waals surface area contributed by atoms with E-state index < -0.39 is 11.2 Å². The molecule has 0 radical (unpaired) electrons. The summed E-state index contributed by atoms with van der Waals surface area (Å²) in [5, 5.41) is 3.34. The topological polar surface area (TPSA) is 189 Å². The quantitative estimate of drug-likeness (QED) is 0.0749. The van der Waals surface area contributed by atoms with Crippen LogP contribution >= 0.6 is 0 Å². The normalized spacial score (nSPS) is 11.2. The molecular weight excluding hydrogens is 580 g/mol. The Morgan fingerprint density at radius 3 is 1.25 bits per heavy atom. The van der Waals surface area contributed by atoms with Crippen LogP contribution in [0.4, 0.5) is 9.59 Å². The Bertz CT molecular complexity index is 758. The maximum Gasteiger partial charge on any atom is 0.410 e. The molecule has 260 valence electrons. The van der Waals surface area contributed by atoms with Gasteiger partial charge >= 0.3 is 12.2 Å². The van der Waals surface area contributed by atoms with E-state index in [-0.39, 0.29) is 12.2 Å². The summed E-state index contributed by atoms with van der Waals surface area (Å²) in [5.74, 6) is 0. The van der Waals surface area contributed by atoms with Crippen LogP contribution in [0.2, 0.25) is 0 Å². The maximum absolute atomic E-state index is 11.7. The molecule has 0 atom stereocenters. The summed E-state index contributed by atoms with van der Waals surface area (Å²) in [7, 11) is 3.35. The van der Waals surface area contributed by atoms with Crippen molar-refractivity contribution in [3.8, 4) is 0 Å². The molecule has 0 aliphatic rings. The van der Waals surface area contributed by atoms with E-state index in [0.717, 1.165) is 0 Å². The fourth-order valence-corrected chi connectivity index (χ4v) is 2.58. The summed E-state index contributed by atoms with van der Waals surface area (Å²) in [4.78, 5) is 28.9. The molecule has 0 unspecified atom stereocenters. The van der Waals surface area contributed by atoms with E-state index in [4.69, 9.17) is 49.2 Å². The number of rotatable bonds is 23. The van der Waals surface area contributed by atoms with Gasteiger partial charge in [0.05, 0.1) is 79.3 Å². The number of hydrogen-bond donors (Lipinski definition) is 1. The molecule has 0 rings (SSSR count). The minimum atomic E-state index is -0.497. The second-order valence-corrected chi connectivity index (χ2v) is 11.2. The molecule has 0 aliphatic carbocycles. The Labute approximate surface area is 263 Å². The molecule has 0 saturated carbocycles. The Kier molecular flexibility index (Phi) is 27.9. The number of azide groups is 1. The molecule has 0 saturated heterocycles. The molecule has 0 bridgehead atoms. The zero-order chi connectivity index (χ0) is 33.7. The fraction of sp³-hybridized carbons (Fsp3) is 0.929. The molecule has 44 heavy (non-hydrogen) atoms. The molecular formula is C28H58N6O10. The lowest BCUT2D eigenvalue weighted by atomic mass is 10.2. The van der Waals surface area contributed by atoms with E-state index in [2.05, 4.69) is 10.0 Å². The van der Waals surface area contributed by atoms with Crippen LogP contribution in [0.3, 0.4) is 0 Å². The van der Waals surface area contributed by atoms with Crippen molar-refractivity contribution in [3.63, 3.8) is 0 Å². The highest BCUT2D eigenvalue weighted by atomic mass is 16.6. The van der Waals surface area contributed by atoms with E-state index >= 15 is 0 Å². The third-order valence-corrected chi connectivity index (χ3v) is 4.70. The van der Waals surface area contributed by atoms with Crippen LogP contribution < -0.4 is 5.73 Å². The molecule has 0 aromatic heterocycles. The monoisotopic (exact) mass is 638 g/mol. The summed E-state index contributed by atoms with van der Waals surface area (Å²) >= 11 is 0. The van der Waals surface area contributed by atoms with Crippen LogP contribution in [-0.4, -0.2) is 153 Å². The second-order valence-electron chi connectivity index (χ2n) is 11.2. The van der Waals surface area contributed by atoms with Crippen LogP contribution in [0.25, 0.3) is 10.4 Å². The molecule has 2 N–H and O–H groups in total. The number of nitrogens with two attached hydrogens (primary N) is 1. The van der Waals surface area contributed by atoms with Crippen LogP contribution in [0.1, 0.15) is 41.5 Å². The highest BCUT2D eigenvalue weighted by molar-refractivity contribution is 5.68. The van der Waals surface area contributed by atoms with Crippen molar-refractivity contribution in [1.29, 1.82) is 0 Å². The van der Waals surface area contributed by atoms with Gasteiger partial charge in [0.15, 0.2) is 0 Å². The van der Waals surface area contributed by atoms with Gasteiger partial charge in [-0.15, -0.1) is 0 Å². The largest absolute Gasteiger partial charge is 0.444 e. The van der Waals surface area contributed by atoms with E-state index in [1.54, 1.807) is 14.1 Å². The van der Waals surface area contributed by atoms with Crippen LogP contribution in [0, 0.1) is 0 Å². The van der Waals surface area contributed by atoms with E-state index in [0.29, 0.717) is 105 Å². The number of amides is 2. The number of likely N-dealkylation sites (N-methyl/N-ethyl adjacent to an activating group) is 2. The van der Waals surface area contributed by atoms with Gasteiger partial charge in [-0.1, -0.05) is 5.11 Å². The zero-order valence-electron chi connectivity index (χ0n) is 28.2. The van der Waals surface area contributed by atoms with Gasteiger partial charge in [0.1, 0.15) is 11.2 Å².